The molecule has 2 heterocycles. The van der Waals surface area contributed by atoms with Crippen LogP contribution in [0.15, 0.2) is 82.7 Å². The predicted octanol–water partition coefficient (Wildman–Crippen LogP) is 5.90. The van der Waals surface area contributed by atoms with Crippen LogP contribution < -0.4 is 15.6 Å². The number of nitrogens with zero attached hydrogens (tertiary/aromatic N) is 3. The third kappa shape index (κ3) is 4.84. The molecule has 0 aliphatic heterocycles. The number of thiazole rings is 1. The minimum absolute atomic E-state index is 0.166. The normalized spacial score (nSPS) is 12.1. The molecule has 7 nitrogen and oxygen atoms in total. The summed E-state index contributed by atoms with van der Waals surface area (Å²) in [4.78, 5) is 36.0. The molecular formula is C27H24N4O3S2. The fraction of sp³-hybridized carbons (Fsp3) is 0.185. The van der Waals surface area contributed by atoms with Crippen LogP contribution >= 0.6 is 23.1 Å². The van der Waals surface area contributed by atoms with Gasteiger partial charge in [0.15, 0.2) is 10.3 Å². The summed E-state index contributed by atoms with van der Waals surface area (Å²) in [7, 11) is 0. The number of rotatable bonds is 8. The minimum Gasteiger partial charge on any atom is -0.494 e. The molecule has 1 atom stereocenters. The first kappa shape index (κ1) is 24.0. The molecule has 0 saturated carbocycles. The topological polar surface area (TPSA) is 86.1 Å². The van der Waals surface area contributed by atoms with E-state index >= 15 is 0 Å². The van der Waals surface area contributed by atoms with Crippen molar-refractivity contribution >= 4 is 55.3 Å². The zero-order chi connectivity index (χ0) is 25.1. The lowest BCUT2D eigenvalue weighted by Gasteiger charge is -2.17. The predicted molar refractivity (Wildman–Crippen MR) is 147 cm³/mol. The van der Waals surface area contributed by atoms with Gasteiger partial charge in [0.2, 0.25) is 5.91 Å². The van der Waals surface area contributed by atoms with Crippen LogP contribution in [0, 0.1) is 0 Å². The van der Waals surface area contributed by atoms with Crippen molar-refractivity contribution in [3.05, 3.63) is 83.2 Å². The molecule has 2 aromatic heterocycles. The van der Waals surface area contributed by atoms with Gasteiger partial charge in [-0.05, 0) is 55.8 Å². The summed E-state index contributed by atoms with van der Waals surface area (Å²) in [5, 5.41) is 4.01. The molecule has 0 fully saturated rings. The van der Waals surface area contributed by atoms with E-state index in [1.165, 1.54) is 23.1 Å². The summed E-state index contributed by atoms with van der Waals surface area (Å²) in [5.74, 6) is 0.586. The van der Waals surface area contributed by atoms with Gasteiger partial charge in [0, 0.05) is 0 Å². The highest BCUT2D eigenvalue weighted by molar-refractivity contribution is 8.00. The van der Waals surface area contributed by atoms with Crippen LogP contribution in [0.4, 0.5) is 5.13 Å². The number of anilines is 1. The standard InChI is InChI=1S/C27H24N4O3S2/c1-3-22(24(32)30-26-28-21-15-14-18(34-4-2)16-23(21)35-26)36-27-29-20-13-9-8-12-19(20)25(33)31(27)17-10-6-5-7-11-17/h5-16,22H,3-4H2,1-2H3,(H,28,30,32). The first-order valence-corrected chi connectivity index (χ1v) is 13.3. The Morgan fingerprint density at radius 1 is 1.03 bits per heavy atom. The zero-order valence-electron chi connectivity index (χ0n) is 19.8. The Kier molecular flexibility index (Phi) is 7.02. The van der Waals surface area contributed by atoms with E-state index in [2.05, 4.69) is 10.3 Å². The Bertz CT molecular complexity index is 1600. The summed E-state index contributed by atoms with van der Waals surface area (Å²) in [5.41, 5.74) is 1.94. The molecule has 5 aromatic rings. The summed E-state index contributed by atoms with van der Waals surface area (Å²) in [6.45, 7) is 4.46. The molecule has 0 saturated heterocycles. The van der Waals surface area contributed by atoms with Crippen LogP contribution in [-0.4, -0.2) is 32.3 Å². The van der Waals surface area contributed by atoms with Crippen molar-refractivity contribution in [2.45, 2.75) is 30.7 Å². The fourth-order valence-electron chi connectivity index (χ4n) is 3.85. The Hall–Kier alpha value is -3.69. The van der Waals surface area contributed by atoms with Crippen LogP contribution in [0.1, 0.15) is 20.3 Å². The number of benzene rings is 3. The number of fused-ring (bicyclic) bond motifs is 2. The van der Waals surface area contributed by atoms with Gasteiger partial charge >= 0.3 is 0 Å². The lowest BCUT2D eigenvalue weighted by Crippen LogP contribution is -2.27. The molecular weight excluding hydrogens is 492 g/mol. The van der Waals surface area contributed by atoms with E-state index in [4.69, 9.17) is 9.72 Å². The lowest BCUT2D eigenvalue weighted by molar-refractivity contribution is -0.115. The third-order valence-electron chi connectivity index (χ3n) is 5.57. The van der Waals surface area contributed by atoms with Gasteiger partial charge in [0.05, 0.1) is 38.7 Å². The Morgan fingerprint density at radius 3 is 2.58 bits per heavy atom. The second-order valence-electron chi connectivity index (χ2n) is 7.97. The van der Waals surface area contributed by atoms with E-state index < -0.39 is 5.25 Å². The van der Waals surface area contributed by atoms with Crippen molar-refractivity contribution in [2.75, 3.05) is 11.9 Å². The van der Waals surface area contributed by atoms with Gasteiger partial charge in [-0.3, -0.25) is 14.2 Å². The van der Waals surface area contributed by atoms with E-state index in [0.29, 0.717) is 39.9 Å². The Morgan fingerprint density at radius 2 is 1.81 bits per heavy atom. The number of amides is 1. The van der Waals surface area contributed by atoms with Gasteiger partial charge in [0.1, 0.15) is 5.75 Å². The minimum atomic E-state index is -0.473. The summed E-state index contributed by atoms with van der Waals surface area (Å²) in [6, 6.07) is 22.3. The van der Waals surface area contributed by atoms with Crippen molar-refractivity contribution in [1.29, 1.82) is 0 Å². The molecule has 1 N–H and O–H groups in total. The highest BCUT2D eigenvalue weighted by Crippen LogP contribution is 2.31. The van der Waals surface area contributed by atoms with E-state index in [-0.39, 0.29) is 11.5 Å². The third-order valence-corrected chi connectivity index (χ3v) is 7.82. The number of para-hydroxylation sites is 2. The molecule has 0 radical (unpaired) electrons. The fourth-order valence-corrected chi connectivity index (χ4v) is 5.78. The SMILES string of the molecule is CCOc1ccc2nc(NC(=O)C(CC)Sc3nc4ccccc4c(=O)n3-c3ccccc3)sc2c1. The molecule has 3 aromatic carbocycles. The number of aromatic nitrogens is 3. The number of hydrogen-bond donors (Lipinski definition) is 1. The van der Waals surface area contributed by atoms with Crippen molar-refractivity contribution in [1.82, 2.24) is 14.5 Å². The zero-order valence-corrected chi connectivity index (χ0v) is 21.4. The molecule has 0 aliphatic rings. The van der Waals surface area contributed by atoms with E-state index in [1.54, 1.807) is 10.6 Å². The number of nitrogens with one attached hydrogen (secondary N) is 1. The molecule has 36 heavy (non-hydrogen) atoms. The number of ether oxygens (including phenoxy) is 1. The van der Waals surface area contributed by atoms with E-state index in [9.17, 15) is 9.59 Å². The maximum atomic E-state index is 13.4. The quantitative estimate of drug-likeness (QED) is 0.204. The molecule has 0 aliphatic carbocycles. The largest absolute Gasteiger partial charge is 0.494 e. The number of hydrogen-bond acceptors (Lipinski definition) is 7. The number of carbonyl (C=O) groups is 1. The highest BCUT2D eigenvalue weighted by Gasteiger charge is 2.23. The number of carbonyl (C=O) groups excluding carboxylic acids is 1. The van der Waals surface area contributed by atoms with E-state index in [0.717, 1.165) is 16.0 Å². The van der Waals surface area contributed by atoms with Crippen LogP contribution in [-0.2, 0) is 4.79 Å². The molecule has 0 spiro atoms. The van der Waals surface area contributed by atoms with Crippen molar-refractivity contribution in [3.8, 4) is 11.4 Å². The average Bonchev–Trinajstić information content (AvgIpc) is 3.29. The maximum Gasteiger partial charge on any atom is 0.266 e. The second-order valence-corrected chi connectivity index (χ2v) is 10.2. The summed E-state index contributed by atoms with van der Waals surface area (Å²) < 4.78 is 8.08. The smallest absolute Gasteiger partial charge is 0.266 e. The molecule has 5 rings (SSSR count). The van der Waals surface area contributed by atoms with Gasteiger partial charge in [-0.2, -0.15) is 0 Å². The van der Waals surface area contributed by atoms with Gasteiger partial charge in [-0.1, -0.05) is 60.4 Å². The highest BCUT2D eigenvalue weighted by atomic mass is 32.2. The van der Waals surface area contributed by atoms with Gasteiger partial charge in [-0.25, -0.2) is 9.97 Å². The van der Waals surface area contributed by atoms with Crippen LogP contribution in [0.25, 0.3) is 26.8 Å². The molecule has 9 heteroatoms. The summed E-state index contributed by atoms with van der Waals surface area (Å²) in [6.07, 6.45) is 0.549. The first-order chi connectivity index (χ1) is 17.6. The Balaban J connectivity index is 1.46. The molecule has 1 amide bonds. The van der Waals surface area contributed by atoms with Crippen molar-refractivity contribution in [2.24, 2.45) is 0 Å². The van der Waals surface area contributed by atoms with Crippen molar-refractivity contribution in [3.63, 3.8) is 0 Å². The van der Waals surface area contributed by atoms with E-state index in [1.807, 2.05) is 80.6 Å². The van der Waals surface area contributed by atoms with Gasteiger partial charge < -0.3 is 10.1 Å². The summed E-state index contributed by atoms with van der Waals surface area (Å²) >= 11 is 2.68. The molecule has 182 valence electrons. The van der Waals surface area contributed by atoms with Crippen molar-refractivity contribution < 1.29 is 9.53 Å². The van der Waals surface area contributed by atoms with Gasteiger partial charge in [0.25, 0.3) is 5.56 Å². The Labute approximate surface area is 216 Å². The first-order valence-electron chi connectivity index (χ1n) is 11.7. The molecule has 0 bridgehead atoms. The van der Waals surface area contributed by atoms with Crippen LogP contribution in [0.5, 0.6) is 5.75 Å². The lowest BCUT2D eigenvalue weighted by atomic mass is 10.2. The monoisotopic (exact) mass is 516 g/mol. The maximum absolute atomic E-state index is 13.4. The van der Waals surface area contributed by atoms with Crippen LogP contribution in [0.3, 0.4) is 0 Å². The van der Waals surface area contributed by atoms with Gasteiger partial charge in [-0.15, -0.1) is 0 Å². The van der Waals surface area contributed by atoms with Crippen LogP contribution in [0.2, 0.25) is 0 Å². The molecule has 1 unspecified atom stereocenters. The second kappa shape index (κ2) is 10.5. The number of thioether (sulfide) groups is 1. The average molecular weight is 517 g/mol.